The minimum Gasteiger partial charge on any atom is -0.488 e. The lowest BCUT2D eigenvalue weighted by molar-refractivity contribution is 0.104. The quantitative estimate of drug-likeness (QED) is 0.684. The fourth-order valence-corrected chi connectivity index (χ4v) is 1.85. The van der Waals surface area contributed by atoms with Crippen molar-refractivity contribution in [2.45, 2.75) is 24.7 Å². The number of hydrogen-bond acceptors (Lipinski definition) is 4. The molecule has 0 aromatic heterocycles. The number of thioether (sulfide) groups is 1. The third-order valence-corrected chi connectivity index (χ3v) is 3.82. The summed E-state index contributed by atoms with van der Waals surface area (Å²) in [5, 5.41) is 13.5. The molecule has 5 heteroatoms. The van der Waals surface area contributed by atoms with Gasteiger partial charge < -0.3 is 15.2 Å². The van der Waals surface area contributed by atoms with Gasteiger partial charge in [-0.2, -0.15) is 11.8 Å². The lowest BCUT2D eigenvalue weighted by atomic mass is 10.3. The van der Waals surface area contributed by atoms with Gasteiger partial charge in [-0.05, 0) is 31.4 Å². The zero-order valence-electron chi connectivity index (χ0n) is 11.4. The van der Waals surface area contributed by atoms with E-state index < -0.39 is 11.9 Å². The number of benzene rings is 1. The second-order valence-corrected chi connectivity index (χ2v) is 5.71. The SMILES string of the molecule is CSC(C)CCNCC(O)COc1ccccc1F. The molecule has 2 N–H and O–H groups in total. The molecule has 1 aromatic rings. The summed E-state index contributed by atoms with van der Waals surface area (Å²) in [6, 6.07) is 6.19. The van der Waals surface area contributed by atoms with Gasteiger partial charge in [0.05, 0.1) is 0 Å². The minimum absolute atomic E-state index is 0.0893. The summed E-state index contributed by atoms with van der Waals surface area (Å²) in [5.41, 5.74) is 0. The average Bonchev–Trinajstić information content (AvgIpc) is 2.42. The number of rotatable bonds is 9. The van der Waals surface area contributed by atoms with Crippen molar-refractivity contribution >= 4 is 11.8 Å². The van der Waals surface area contributed by atoms with Crippen LogP contribution in [0.1, 0.15) is 13.3 Å². The van der Waals surface area contributed by atoms with Crippen molar-refractivity contribution in [3.05, 3.63) is 30.1 Å². The molecule has 0 spiro atoms. The van der Waals surface area contributed by atoms with Gasteiger partial charge in [-0.15, -0.1) is 0 Å². The molecule has 0 aliphatic carbocycles. The Morgan fingerprint density at radius 2 is 2.16 bits per heavy atom. The van der Waals surface area contributed by atoms with E-state index >= 15 is 0 Å². The van der Waals surface area contributed by atoms with E-state index in [1.54, 1.807) is 18.2 Å². The Labute approximate surface area is 118 Å². The van der Waals surface area contributed by atoms with E-state index in [4.69, 9.17) is 4.74 Å². The van der Waals surface area contributed by atoms with Crippen LogP contribution in [0.25, 0.3) is 0 Å². The van der Waals surface area contributed by atoms with Crippen LogP contribution in [0.5, 0.6) is 5.75 Å². The molecule has 0 saturated carbocycles. The highest BCUT2D eigenvalue weighted by atomic mass is 32.2. The maximum absolute atomic E-state index is 13.2. The molecule has 1 aromatic carbocycles. The molecular weight excluding hydrogens is 265 g/mol. The van der Waals surface area contributed by atoms with E-state index in [-0.39, 0.29) is 12.4 Å². The fraction of sp³-hybridized carbons (Fsp3) is 0.571. The molecule has 0 saturated heterocycles. The smallest absolute Gasteiger partial charge is 0.165 e. The van der Waals surface area contributed by atoms with Crippen molar-refractivity contribution < 1.29 is 14.2 Å². The topological polar surface area (TPSA) is 41.5 Å². The van der Waals surface area contributed by atoms with Gasteiger partial charge in [0.2, 0.25) is 0 Å². The summed E-state index contributed by atoms with van der Waals surface area (Å²) >= 11 is 1.82. The first-order chi connectivity index (χ1) is 9.13. The van der Waals surface area contributed by atoms with E-state index in [0.29, 0.717) is 11.8 Å². The van der Waals surface area contributed by atoms with Gasteiger partial charge in [0.25, 0.3) is 0 Å². The first-order valence-corrected chi connectivity index (χ1v) is 7.71. The molecule has 1 rings (SSSR count). The van der Waals surface area contributed by atoms with Crippen LogP contribution < -0.4 is 10.1 Å². The lowest BCUT2D eigenvalue weighted by Crippen LogP contribution is -2.32. The third-order valence-electron chi connectivity index (χ3n) is 2.78. The largest absolute Gasteiger partial charge is 0.488 e. The van der Waals surface area contributed by atoms with Gasteiger partial charge in [-0.3, -0.25) is 0 Å². The second-order valence-electron chi connectivity index (χ2n) is 4.43. The van der Waals surface area contributed by atoms with Crippen molar-refractivity contribution in [1.29, 1.82) is 0 Å². The molecule has 0 aliphatic heterocycles. The maximum Gasteiger partial charge on any atom is 0.165 e. The Balaban J connectivity index is 2.14. The highest BCUT2D eigenvalue weighted by molar-refractivity contribution is 7.99. The molecule has 0 bridgehead atoms. The molecule has 2 unspecified atom stereocenters. The first-order valence-electron chi connectivity index (χ1n) is 6.42. The van der Waals surface area contributed by atoms with Gasteiger partial charge in [-0.1, -0.05) is 19.1 Å². The van der Waals surface area contributed by atoms with Crippen LogP contribution in [0, 0.1) is 5.82 Å². The van der Waals surface area contributed by atoms with Crippen LogP contribution in [0.4, 0.5) is 4.39 Å². The molecule has 3 nitrogen and oxygen atoms in total. The minimum atomic E-state index is -0.635. The normalized spacial score (nSPS) is 14.1. The Morgan fingerprint density at radius 1 is 1.42 bits per heavy atom. The molecule has 0 fully saturated rings. The summed E-state index contributed by atoms with van der Waals surface area (Å²) in [4.78, 5) is 0. The van der Waals surface area contributed by atoms with E-state index in [9.17, 15) is 9.50 Å². The standard InChI is InChI=1S/C14H22FNO2S/c1-11(19-2)7-8-16-9-12(17)10-18-14-6-4-3-5-13(14)15/h3-6,11-12,16-17H,7-10H2,1-2H3. The summed E-state index contributed by atoms with van der Waals surface area (Å²) in [6.07, 6.45) is 2.51. The molecule has 0 amide bonds. The molecule has 108 valence electrons. The van der Waals surface area contributed by atoms with Crippen molar-refractivity contribution in [1.82, 2.24) is 5.32 Å². The highest BCUT2D eigenvalue weighted by Crippen LogP contribution is 2.15. The Bertz CT molecular complexity index is 365. The number of halogens is 1. The van der Waals surface area contributed by atoms with E-state index in [1.165, 1.54) is 6.07 Å². The van der Waals surface area contributed by atoms with Crippen LogP contribution in [0.3, 0.4) is 0 Å². The third kappa shape index (κ3) is 6.80. The number of para-hydroxylation sites is 1. The van der Waals surface area contributed by atoms with Crippen LogP contribution in [0.15, 0.2) is 24.3 Å². The summed E-state index contributed by atoms with van der Waals surface area (Å²) < 4.78 is 18.5. The van der Waals surface area contributed by atoms with Crippen LogP contribution >= 0.6 is 11.8 Å². The van der Waals surface area contributed by atoms with Gasteiger partial charge in [0.1, 0.15) is 12.7 Å². The molecule has 0 aliphatic rings. The van der Waals surface area contributed by atoms with Crippen molar-refractivity contribution in [3.63, 3.8) is 0 Å². The van der Waals surface area contributed by atoms with Crippen molar-refractivity contribution in [2.24, 2.45) is 0 Å². The predicted octanol–water partition coefficient (Wildman–Crippen LogP) is 2.30. The average molecular weight is 287 g/mol. The number of hydrogen-bond donors (Lipinski definition) is 2. The molecule has 0 heterocycles. The predicted molar refractivity (Wildman–Crippen MR) is 78.4 cm³/mol. The van der Waals surface area contributed by atoms with Crippen LogP contribution in [0.2, 0.25) is 0 Å². The van der Waals surface area contributed by atoms with Crippen LogP contribution in [-0.2, 0) is 0 Å². The van der Waals surface area contributed by atoms with Gasteiger partial charge >= 0.3 is 0 Å². The molecule has 0 radical (unpaired) electrons. The summed E-state index contributed by atoms with van der Waals surface area (Å²) in [5.74, 6) is -0.228. The highest BCUT2D eigenvalue weighted by Gasteiger charge is 2.07. The van der Waals surface area contributed by atoms with E-state index in [0.717, 1.165) is 13.0 Å². The number of aliphatic hydroxyl groups is 1. The zero-order valence-corrected chi connectivity index (χ0v) is 12.3. The fourth-order valence-electron chi connectivity index (χ4n) is 1.50. The first kappa shape index (κ1) is 16.3. The summed E-state index contributed by atoms with van der Waals surface area (Å²) in [6.45, 7) is 3.57. The van der Waals surface area contributed by atoms with Gasteiger partial charge in [-0.25, -0.2) is 4.39 Å². The van der Waals surface area contributed by atoms with Gasteiger partial charge in [0.15, 0.2) is 11.6 Å². The molecule has 19 heavy (non-hydrogen) atoms. The summed E-state index contributed by atoms with van der Waals surface area (Å²) in [7, 11) is 0. The van der Waals surface area contributed by atoms with Crippen molar-refractivity contribution in [3.8, 4) is 5.75 Å². The molecular formula is C14H22FNO2S. The second kappa shape index (κ2) is 9.18. The lowest BCUT2D eigenvalue weighted by Gasteiger charge is -2.14. The number of aliphatic hydroxyl groups excluding tert-OH is 1. The Hall–Kier alpha value is -0.780. The van der Waals surface area contributed by atoms with Crippen LogP contribution in [-0.4, -0.2) is 42.4 Å². The van der Waals surface area contributed by atoms with Gasteiger partial charge in [0, 0.05) is 11.8 Å². The zero-order chi connectivity index (χ0) is 14.1. The molecule has 2 atom stereocenters. The van der Waals surface area contributed by atoms with Crippen molar-refractivity contribution in [2.75, 3.05) is 26.0 Å². The van der Waals surface area contributed by atoms with E-state index in [1.807, 2.05) is 11.8 Å². The Morgan fingerprint density at radius 3 is 2.84 bits per heavy atom. The van der Waals surface area contributed by atoms with E-state index in [2.05, 4.69) is 18.5 Å². The maximum atomic E-state index is 13.2. The monoisotopic (exact) mass is 287 g/mol. The number of ether oxygens (including phenoxy) is 1. The Kier molecular flexibility index (Phi) is 7.86. The number of nitrogens with one attached hydrogen (secondary N) is 1.